The van der Waals surface area contributed by atoms with Crippen molar-refractivity contribution in [3.63, 3.8) is 0 Å². The van der Waals surface area contributed by atoms with E-state index in [9.17, 15) is 0 Å². The molecule has 76 valence electrons. The normalized spacial score (nSPS) is 10.5. The molecule has 0 spiro atoms. The van der Waals surface area contributed by atoms with Crippen molar-refractivity contribution in [2.75, 3.05) is 6.26 Å². The summed E-state index contributed by atoms with van der Waals surface area (Å²) in [4.78, 5) is 0. The molecule has 6 heteroatoms. The van der Waals surface area contributed by atoms with Crippen molar-refractivity contribution in [1.29, 1.82) is 0 Å². The summed E-state index contributed by atoms with van der Waals surface area (Å²) in [5, 5.41) is 0. The van der Waals surface area contributed by atoms with Gasteiger partial charge in [-0.2, -0.15) is 0 Å². The van der Waals surface area contributed by atoms with Crippen molar-refractivity contribution >= 4 is 10.1 Å². The number of imidazole rings is 1. The molecule has 1 aromatic rings. The molecule has 0 aliphatic rings. The average Bonchev–Trinajstić information content (AvgIpc) is 2.31. The van der Waals surface area contributed by atoms with Crippen LogP contribution in [-0.2, 0) is 23.7 Å². The number of aryl methyl sites for hydroxylation is 2. The number of nitrogens with zero attached hydrogens (tertiary/aromatic N) is 2. The minimum atomic E-state index is -3.92. The summed E-state index contributed by atoms with van der Waals surface area (Å²) in [5.41, 5.74) is 0. The molecule has 5 nitrogen and oxygen atoms in total. The molecule has 0 radical (unpaired) electrons. The Morgan fingerprint density at radius 3 is 2.15 bits per heavy atom. The summed E-state index contributed by atoms with van der Waals surface area (Å²) < 4.78 is 31.4. The maximum Gasteiger partial charge on any atom is 0.243 e. The van der Waals surface area contributed by atoms with Gasteiger partial charge in [-0.05, 0) is 6.92 Å². The highest BCUT2D eigenvalue weighted by atomic mass is 32.2. The summed E-state index contributed by atoms with van der Waals surface area (Å²) in [5.74, 6) is 0. The first-order valence-corrected chi connectivity index (χ1v) is 5.56. The predicted octanol–water partition coefficient (Wildman–Crippen LogP) is -0.506. The topological polar surface area (TPSA) is 66.0 Å². The maximum atomic E-state index is 9.08. The van der Waals surface area contributed by atoms with Crippen LogP contribution in [0.25, 0.3) is 0 Å². The van der Waals surface area contributed by atoms with E-state index in [4.69, 9.17) is 13.0 Å². The fourth-order valence-electron chi connectivity index (χ4n) is 0.689. The minimum absolute atomic E-state index is 0.604. The number of aromatic nitrogens is 2. The van der Waals surface area contributed by atoms with Crippen LogP contribution in [-0.4, -0.2) is 23.8 Å². The van der Waals surface area contributed by atoms with Crippen LogP contribution in [0.1, 0.15) is 6.92 Å². The second-order valence-electron chi connectivity index (χ2n) is 2.61. The molecule has 0 aliphatic heterocycles. The van der Waals surface area contributed by atoms with Gasteiger partial charge in [0.15, 0.2) is 0 Å². The molecule has 13 heavy (non-hydrogen) atoms. The van der Waals surface area contributed by atoms with Crippen molar-refractivity contribution in [2.45, 2.75) is 13.5 Å². The standard InChI is InChI=1S/C6H11N2.CH4O3S/c1-3-8-5-4-7(2)6-8;1-5(2,3)4/h4-6H,3H2,1-2H3;1H3,(H,2,3,4)/q+1;/p-1. The zero-order valence-corrected chi connectivity index (χ0v) is 8.78. The lowest BCUT2D eigenvalue weighted by atomic mass is 10.7. The lowest BCUT2D eigenvalue weighted by Crippen LogP contribution is -2.28. The van der Waals surface area contributed by atoms with E-state index >= 15 is 0 Å². The molecule has 0 atom stereocenters. The Morgan fingerprint density at radius 1 is 1.54 bits per heavy atom. The van der Waals surface area contributed by atoms with Gasteiger partial charge in [0.2, 0.25) is 6.33 Å². The minimum Gasteiger partial charge on any atom is -0.748 e. The second-order valence-corrected chi connectivity index (χ2v) is 4.02. The first kappa shape index (κ1) is 12.1. The van der Waals surface area contributed by atoms with E-state index in [1.54, 1.807) is 0 Å². The molecule has 0 aliphatic carbocycles. The molecule has 0 saturated heterocycles. The van der Waals surface area contributed by atoms with Crippen molar-refractivity contribution in [1.82, 2.24) is 4.57 Å². The van der Waals surface area contributed by atoms with Crippen LogP contribution in [0.3, 0.4) is 0 Å². The van der Waals surface area contributed by atoms with Crippen LogP contribution in [0.4, 0.5) is 0 Å². The van der Waals surface area contributed by atoms with Crippen LogP contribution >= 0.6 is 0 Å². The van der Waals surface area contributed by atoms with Crippen LogP contribution < -0.4 is 4.57 Å². The molecule has 1 rings (SSSR count). The van der Waals surface area contributed by atoms with Gasteiger partial charge < -0.3 is 4.55 Å². The third kappa shape index (κ3) is 9.03. The molecular formula is C7H14N2O3S. The number of rotatable bonds is 1. The van der Waals surface area contributed by atoms with E-state index in [1.807, 2.05) is 17.8 Å². The number of hydrogen-bond acceptors (Lipinski definition) is 3. The van der Waals surface area contributed by atoms with E-state index in [0.29, 0.717) is 6.26 Å². The van der Waals surface area contributed by atoms with E-state index in [-0.39, 0.29) is 0 Å². The van der Waals surface area contributed by atoms with Gasteiger partial charge in [-0.3, -0.25) is 0 Å². The summed E-state index contributed by atoms with van der Waals surface area (Å²) in [6.45, 7) is 3.18. The quantitative estimate of drug-likeness (QED) is 0.459. The van der Waals surface area contributed by atoms with E-state index in [2.05, 4.69) is 24.0 Å². The van der Waals surface area contributed by atoms with Crippen molar-refractivity contribution in [3.8, 4) is 0 Å². The van der Waals surface area contributed by atoms with Crippen LogP contribution in [0, 0.1) is 0 Å². The Balaban J connectivity index is 0.000000252. The van der Waals surface area contributed by atoms with Crippen molar-refractivity contribution in [3.05, 3.63) is 18.7 Å². The summed E-state index contributed by atoms with van der Waals surface area (Å²) >= 11 is 0. The zero-order valence-electron chi connectivity index (χ0n) is 7.97. The van der Waals surface area contributed by atoms with Gasteiger partial charge in [-0.25, -0.2) is 17.6 Å². The second kappa shape index (κ2) is 4.98. The van der Waals surface area contributed by atoms with Gasteiger partial charge in [0, 0.05) is 6.26 Å². The maximum absolute atomic E-state index is 9.08. The van der Waals surface area contributed by atoms with Gasteiger partial charge in [0.05, 0.1) is 23.7 Å². The third-order valence-corrected chi connectivity index (χ3v) is 1.19. The highest BCUT2D eigenvalue weighted by Crippen LogP contribution is 1.74. The van der Waals surface area contributed by atoms with E-state index in [0.717, 1.165) is 6.54 Å². The largest absolute Gasteiger partial charge is 0.748 e. The van der Waals surface area contributed by atoms with Gasteiger partial charge in [-0.15, -0.1) is 0 Å². The number of hydrogen-bond donors (Lipinski definition) is 0. The molecule has 0 bridgehead atoms. The summed E-state index contributed by atoms with van der Waals surface area (Å²) in [6.07, 6.45) is 6.75. The molecule has 1 aromatic heterocycles. The highest BCUT2D eigenvalue weighted by molar-refractivity contribution is 7.84. The Bertz CT molecular complexity index is 334. The Morgan fingerprint density at radius 2 is 2.00 bits per heavy atom. The molecule has 0 saturated carbocycles. The van der Waals surface area contributed by atoms with E-state index < -0.39 is 10.1 Å². The van der Waals surface area contributed by atoms with Gasteiger partial charge in [0.1, 0.15) is 12.4 Å². The Kier molecular flexibility index (Phi) is 4.64. The molecule has 1 heterocycles. The lowest BCUT2D eigenvalue weighted by molar-refractivity contribution is -0.693. The first-order chi connectivity index (χ1) is 5.83. The highest BCUT2D eigenvalue weighted by Gasteiger charge is 1.92. The van der Waals surface area contributed by atoms with Gasteiger partial charge in [-0.1, -0.05) is 0 Å². The smallest absolute Gasteiger partial charge is 0.243 e. The first-order valence-electron chi connectivity index (χ1n) is 3.74. The molecule has 0 fully saturated rings. The van der Waals surface area contributed by atoms with Gasteiger partial charge >= 0.3 is 0 Å². The fraction of sp³-hybridized carbons (Fsp3) is 0.571. The summed E-state index contributed by atoms with van der Waals surface area (Å²) in [6, 6.07) is 0. The van der Waals surface area contributed by atoms with E-state index in [1.165, 1.54) is 0 Å². The monoisotopic (exact) mass is 206 g/mol. The third-order valence-electron chi connectivity index (χ3n) is 1.19. The van der Waals surface area contributed by atoms with Gasteiger partial charge in [0.25, 0.3) is 0 Å². The van der Waals surface area contributed by atoms with Crippen LogP contribution in [0.5, 0.6) is 0 Å². The zero-order chi connectivity index (χ0) is 10.5. The van der Waals surface area contributed by atoms with Crippen LogP contribution in [0.2, 0.25) is 0 Å². The SMILES string of the molecule is CC[n+]1ccn(C)c1.CS(=O)(=O)[O-]. The lowest BCUT2D eigenvalue weighted by Gasteiger charge is -1.90. The summed E-state index contributed by atoms with van der Waals surface area (Å²) in [7, 11) is -1.90. The van der Waals surface area contributed by atoms with Crippen molar-refractivity contribution in [2.24, 2.45) is 7.05 Å². The average molecular weight is 206 g/mol. The fourth-order valence-corrected chi connectivity index (χ4v) is 0.689. The predicted molar refractivity (Wildman–Crippen MR) is 46.9 cm³/mol. The molecule has 0 unspecified atom stereocenters. The molecule has 0 aromatic carbocycles. The Hall–Kier alpha value is -0.880. The molecular weight excluding hydrogens is 192 g/mol. The van der Waals surface area contributed by atoms with Crippen molar-refractivity contribution < 1.29 is 17.5 Å². The molecule has 0 amide bonds. The van der Waals surface area contributed by atoms with Crippen LogP contribution in [0.15, 0.2) is 18.7 Å². The molecule has 0 N–H and O–H groups in total. The Labute approximate surface area is 78.4 Å².